The van der Waals surface area contributed by atoms with E-state index in [1.807, 2.05) is 0 Å². The van der Waals surface area contributed by atoms with Gasteiger partial charge in [-0.25, -0.2) is 4.98 Å². The summed E-state index contributed by atoms with van der Waals surface area (Å²) >= 11 is 0. The van der Waals surface area contributed by atoms with Gasteiger partial charge in [-0.05, 0) is 13.0 Å². The van der Waals surface area contributed by atoms with Gasteiger partial charge >= 0.3 is 0 Å². The number of pyridine rings is 2. The van der Waals surface area contributed by atoms with Crippen molar-refractivity contribution in [2.45, 2.75) is 6.92 Å². The predicted molar refractivity (Wildman–Crippen MR) is 70.5 cm³/mol. The van der Waals surface area contributed by atoms with Crippen LogP contribution in [-0.2, 0) is 0 Å². The summed E-state index contributed by atoms with van der Waals surface area (Å²) in [4.78, 5) is 30.4. The third kappa shape index (κ3) is 2.98. The van der Waals surface area contributed by atoms with Crippen molar-refractivity contribution in [1.82, 2.24) is 9.97 Å². The van der Waals surface area contributed by atoms with Crippen LogP contribution in [0.25, 0.3) is 0 Å². The number of aromatic nitrogens is 2. The Balaban J connectivity index is 2.18. The zero-order chi connectivity index (χ0) is 13.8. The number of carbonyl (C=O) groups excluding carboxylic acids is 1. The summed E-state index contributed by atoms with van der Waals surface area (Å²) in [6.07, 6.45) is 2.85. The molecule has 0 fully saturated rings. The number of anilines is 1. The molecule has 0 radical (unpaired) electrons. The summed E-state index contributed by atoms with van der Waals surface area (Å²) in [5.74, 6) is -0.0283. The van der Waals surface area contributed by atoms with Gasteiger partial charge < -0.3 is 15.0 Å². The monoisotopic (exact) mass is 259 g/mol. The predicted octanol–water partition coefficient (Wildman–Crippen LogP) is 1.34. The number of ether oxygens (including phenoxy) is 1. The minimum atomic E-state index is -0.479. The Kier molecular flexibility index (Phi) is 3.61. The first-order valence-corrected chi connectivity index (χ1v) is 5.61. The molecule has 1 amide bonds. The maximum absolute atomic E-state index is 11.9. The largest absolute Gasteiger partial charge is 0.481 e. The average Bonchev–Trinajstić information content (AvgIpc) is 2.39. The lowest BCUT2D eigenvalue weighted by Gasteiger charge is -2.05. The molecule has 0 spiro atoms. The van der Waals surface area contributed by atoms with E-state index in [9.17, 15) is 9.59 Å². The van der Waals surface area contributed by atoms with Gasteiger partial charge in [0.25, 0.3) is 5.91 Å². The highest BCUT2D eigenvalue weighted by atomic mass is 16.5. The molecule has 6 heteroatoms. The van der Waals surface area contributed by atoms with Crippen LogP contribution in [0, 0.1) is 6.92 Å². The number of rotatable bonds is 3. The van der Waals surface area contributed by atoms with E-state index in [0.717, 1.165) is 0 Å². The van der Waals surface area contributed by atoms with Gasteiger partial charge in [-0.15, -0.1) is 0 Å². The molecule has 0 unspecified atom stereocenters. The maximum Gasteiger partial charge on any atom is 0.261 e. The molecule has 2 heterocycles. The van der Waals surface area contributed by atoms with Gasteiger partial charge in [0.15, 0.2) is 5.43 Å². The Bertz CT molecular complexity index is 647. The van der Waals surface area contributed by atoms with E-state index < -0.39 is 5.91 Å². The van der Waals surface area contributed by atoms with Gasteiger partial charge in [-0.3, -0.25) is 9.59 Å². The zero-order valence-electron chi connectivity index (χ0n) is 10.6. The van der Waals surface area contributed by atoms with Crippen molar-refractivity contribution in [2.75, 3.05) is 12.4 Å². The number of amides is 1. The normalized spacial score (nSPS) is 10.0. The Hall–Kier alpha value is -2.63. The molecule has 0 bridgehead atoms. The van der Waals surface area contributed by atoms with E-state index in [2.05, 4.69) is 15.3 Å². The highest BCUT2D eigenvalue weighted by Crippen LogP contribution is 2.11. The van der Waals surface area contributed by atoms with Crippen molar-refractivity contribution in [3.05, 3.63) is 52.1 Å². The zero-order valence-corrected chi connectivity index (χ0v) is 10.6. The number of aryl methyl sites for hydroxylation is 1. The molecule has 2 N–H and O–H groups in total. The van der Waals surface area contributed by atoms with Crippen molar-refractivity contribution < 1.29 is 9.53 Å². The molecule has 0 saturated carbocycles. The lowest BCUT2D eigenvalue weighted by atomic mass is 10.2. The van der Waals surface area contributed by atoms with Crippen LogP contribution in [0.1, 0.15) is 16.1 Å². The molecule has 0 aliphatic carbocycles. The maximum atomic E-state index is 11.9. The van der Waals surface area contributed by atoms with Gasteiger partial charge in [-0.2, -0.15) is 0 Å². The van der Waals surface area contributed by atoms with Crippen molar-refractivity contribution in [3.63, 3.8) is 0 Å². The van der Waals surface area contributed by atoms with Crippen molar-refractivity contribution in [1.29, 1.82) is 0 Å². The summed E-state index contributed by atoms with van der Waals surface area (Å²) in [7, 11) is 1.51. The molecule has 19 heavy (non-hydrogen) atoms. The van der Waals surface area contributed by atoms with Crippen LogP contribution in [0.3, 0.4) is 0 Å². The van der Waals surface area contributed by atoms with Crippen molar-refractivity contribution in [2.24, 2.45) is 0 Å². The van der Waals surface area contributed by atoms with Crippen LogP contribution >= 0.6 is 0 Å². The lowest BCUT2D eigenvalue weighted by molar-refractivity contribution is 0.102. The molecule has 2 aromatic rings. The molecule has 2 aromatic heterocycles. The number of hydrogen-bond donors (Lipinski definition) is 2. The Morgan fingerprint density at radius 1 is 1.42 bits per heavy atom. The van der Waals surface area contributed by atoms with Crippen LogP contribution in [0.5, 0.6) is 5.88 Å². The number of aromatic amines is 1. The topological polar surface area (TPSA) is 84.1 Å². The number of carbonyl (C=O) groups is 1. The Morgan fingerprint density at radius 3 is 2.79 bits per heavy atom. The second-order valence-corrected chi connectivity index (χ2v) is 3.94. The quantitative estimate of drug-likeness (QED) is 0.871. The highest BCUT2D eigenvalue weighted by Gasteiger charge is 2.10. The molecule has 98 valence electrons. The number of hydrogen-bond acceptors (Lipinski definition) is 4. The van der Waals surface area contributed by atoms with E-state index in [1.54, 1.807) is 19.1 Å². The summed E-state index contributed by atoms with van der Waals surface area (Å²) in [5, 5.41) is 2.59. The summed E-state index contributed by atoms with van der Waals surface area (Å²) in [6, 6.07) is 4.64. The van der Waals surface area contributed by atoms with Crippen LogP contribution in [0.15, 0.2) is 35.4 Å². The van der Waals surface area contributed by atoms with Crippen LogP contribution in [-0.4, -0.2) is 23.0 Å². The van der Waals surface area contributed by atoms with Gasteiger partial charge in [-0.1, -0.05) is 0 Å². The lowest BCUT2D eigenvalue weighted by Crippen LogP contribution is -2.21. The smallest absolute Gasteiger partial charge is 0.261 e. The van der Waals surface area contributed by atoms with Crippen molar-refractivity contribution >= 4 is 11.6 Å². The number of H-pyrrole nitrogens is 1. The second kappa shape index (κ2) is 5.34. The second-order valence-electron chi connectivity index (χ2n) is 3.94. The minimum absolute atomic E-state index is 0.0569. The van der Waals surface area contributed by atoms with Crippen LogP contribution in [0.4, 0.5) is 5.69 Å². The summed E-state index contributed by atoms with van der Waals surface area (Å²) in [5.41, 5.74) is 0.926. The Morgan fingerprint density at radius 2 is 2.21 bits per heavy atom. The number of nitrogens with one attached hydrogen (secondary N) is 2. The summed E-state index contributed by atoms with van der Waals surface area (Å²) in [6.45, 7) is 1.75. The molecular formula is C13H13N3O3. The van der Waals surface area contributed by atoms with Gasteiger partial charge in [0, 0.05) is 24.0 Å². The van der Waals surface area contributed by atoms with E-state index in [-0.39, 0.29) is 11.0 Å². The molecular weight excluding hydrogens is 246 g/mol. The third-order valence-electron chi connectivity index (χ3n) is 2.51. The highest BCUT2D eigenvalue weighted by molar-refractivity contribution is 6.03. The number of nitrogens with zero attached hydrogens (tertiary/aromatic N) is 1. The molecule has 0 aliphatic rings. The molecule has 0 atom stereocenters. The van der Waals surface area contributed by atoms with Crippen molar-refractivity contribution in [3.8, 4) is 5.88 Å². The molecule has 0 saturated heterocycles. The van der Waals surface area contributed by atoms with Gasteiger partial charge in [0.05, 0.1) is 19.0 Å². The van der Waals surface area contributed by atoms with Gasteiger partial charge in [0.2, 0.25) is 5.88 Å². The van der Waals surface area contributed by atoms with Crippen LogP contribution < -0.4 is 15.5 Å². The fraction of sp³-hybridized carbons (Fsp3) is 0.154. The molecule has 2 rings (SSSR count). The summed E-state index contributed by atoms with van der Waals surface area (Å²) < 4.78 is 4.91. The molecule has 0 aliphatic heterocycles. The van der Waals surface area contributed by atoms with Crippen LogP contribution in [0.2, 0.25) is 0 Å². The standard InChI is InChI=1S/C13H13N3O3/c1-8-5-11(17)10(7-14-8)13(18)16-9-3-4-12(19-2)15-6-9/h3-7H,1-2H3,(H,14,17)(H,16,18). The number of methoxy groups -OCH3 is 1. The van der Waals surface area contributed by atoms with E-state index >= 15 is 0 Å². The van der Waals surface area contributed by atoms with E-state index in [4.69, 9.17) is 4.74 Å². The Labute approximate surface area is 109 Å². The average molecular weight is 259 g/mol. The fourth-order valence-electron chi connectivity index (χ4n) is 1.52. The molecule has 0 aromatic carbocycles. The minimum Gasteiger partial charge on any atom is -0.481 e. The third-order valence-corrected chi connectivity index (χ3v) is 2.51. The SMILES string of the molecule is COc1ccc(NC(=O)c2c[nH]c(C)cc2=O)cn1. The fourth-order valence-corrected chi connectivity index (χ4v) is 1.52. The van der Waals surface area contributed by atoms with E-state index in [0.29, 0.717) is 17.3 Å². The first-order valence-electron chi connectivity index (χ1n) is 5.61. The first kappa shape index (κ1) is 12.8. The van der Waals surface area contributed by atoms with Gasteiger partial charge in [0.1, 0.15) is 5.56 Å². The van der Waals surface area contributed by atoms with E-state index in [1.165, 1.54) is 25.6 Å². The molecule has 6 nitrogen and oxygen atoms in total. The first-order chi connectivity index (χ1) is 9.10.